The Morgan fingerprint density at radius 1 is 0.925 bits per heavy atom. The largest absolute Gasteiger partial charge is 0.492 e. The molecule has 214 valence electrons. The van der Waals surface area contributed by atoms with Crippen molar-refractivity contribution in [2.75, 3.05) is 26.3 Å². The Morgan fingerprint density at radius 2 is 1.68 bits per heavy atom. The molecule has 1 atom stereocenters. The van der Waals surface area contributed by atoms with Crippen LogP contribution in [-0.2, 0) is 33.7 Å². The second kappa shape index (κ2) is 16.2. The van der Waals surface area contributed by atoms with Crippen LogP contribution >= 0.6 is 0 Å². The van der Waals surface area contributed by atoms with Crippen LogP contribution in [0.4, 0.5) is 13.6 Å². The van der Waals surface area contributed by atoms with Crippen molar-refractivity contribution in [1.29, 1.82) is 0 Å². The van der Waals surface area contributed by atoms with Gasteiger partial charge in [-0.2, -0.15) is 0 Å². The van der Waals surface area contributed by atoms with E-state index in [-0.39, 0.29) is 31.7 Å². The molecule has 0 saturated heterocycles. The van der Waals surface area contributed by atoms with Gasteiger partial charge in [0.05, 0.1) is 6.54 Å². The Hall–Kier alpha value is -3.98. The molecule has 1 unspecified atom stereocenters. The molecule has 7 nitrogen and oxygen atoms in total. The molecule has 0 aromatic heterocycles. The lowest BCUT2D eigenvalue weighted by Gasteiger charge is -2.22. The molecule has 0 heterocycles. The van der Waals surface area contributed by atoms with E-state index in [4.69, 9.17) is 14.2 Å². The number of carboxylic acids is 1. The van der Waals surface area contributed by atoms with Gasteiger partial charge in [-0.05, 0) is 61.6 Å². The molecule has 0 aliphatic heterocycles. The highest BCUT2D eigenvalue weighted by Gasteiger charge is 2.18. The van der Waals surface area contributed by atoms with Crippen LogP contribution in [0.25, 0.3) is 0 Å². The maximum atomic E-state index is 14.0. The van der Waals surface area contributed by atoms with E-state index in [0.29, 0.717) is 18.9 Å². The summed E-state index contributed by atoms with van der Waals surface area (Å²) in [6.45, 7) is 2.59. The third-order valence-corrected chi connectivity index (χ3v) is 6.23. The number of carbonyl (C=O) groups excluding carboxylic acids is 1. The van der Waals surface area contributed by atoms with Gasteiger partial charge in [0, 0.05) is 31.2 Å². The number of ether oxygens (including phenoxy) is 3. The zero-order valence-electron chi connectivity index (χ0n) is 22.6. The van der Waals surface area contributed by atoms with E-state index in [1.807, 2.05) is 18.2 Å². The minimum atomic E-state index is -1.01. The van der Waals surface area contributed by atoms with Crippen LogP contribution in [0.5, 0.6) is 5.75 Å². The number of hydrogen-bond donors (Lipinski definition) is 1. The minimum absolute atomic E-state index is 0.0876. The zero-order valence-corrected chi connectivity index (χ0v) is 22.6. The van der Waals surface area contributed by atoms with E-state index in [9.17, 15) is 23.5 Å². The van der Waals surface area contributed by atoms with Gasteiger partial charge in [-0.1, -0.05) is 42.5 Å². The maximum Gasteiger partial charge on any atom is 0.410 e. The van der Waals surface area contributed by atoms with Crippen LogP contribution in [0.15, 0.2) is 72.8 Å². The van der Waals surface area contributed by atoms with Gasteiger partial charge < -0.3 is 24.2 Å². The zero-order chi connectivity index (χ0) is 28.7. The molecule has 0 spiro atoms. The summed E-state index contributed by atoms with van der Waals surface area (Å²) in [5.41, 5.74) is 2.10. The van der Waals surface area contributed by atoms with Gasteiger partial charge in [-0.3, -0.25) is 0 Å². The average Bonchev–Trinajstić information content (AvgIpc) is 2.94. The molecule has 1 N–H and O–H groups in total. The van der Waals surface area contributed by atoms with Crippen LogP contribution in [0.2, 0.25) is 0 Å². The van der Waals surface area contributed by atoms with Crippen LogP contribution in [0, 0.1) is 11.6 Å². The summed E-state index contributed by atoms with van der Waals surface area (Å²) in [5.74, 6) is -1.92. The molecule has 0 bridgehead atoms. The lowest BCUT2D eigenvalue weighted by atomic mass is 10.1. The molecule has 1 amide bonds. The van der Waals surface area contributed by atoms with Gasteiger partial charge in [0.2, 0.25) is 0 Å². The van der Waals surface area contributed by atoms with Crippen molar-refractivity contribution in [3.63, 3.8) is 0 Å². The van der Waals surface area contributed by atoms with Crippen molar-refractivity contribution in [3.8, 4) is 5.75 Å². The molecule has 40 heavy (non-hydrogen) atoms. The van der Waals surface area contributed by atoms with Crippen molar-refractivity contribution in [2.24, 2.45) is 0 Å². The Bertz CT molecular complexity index is 1210. The number of benzene rings is 3. The molecule has 0 aliphatic carbocycles. The van der Waals surface area contributed by atoms with E-state index in [1.54, 1.807) is 31.2 Å². The molecular formula is C31H35F2NO6. The number of hydrogen-bond acceptors (Lipinski definition) is 5. The smallest absolute Gasteiger partial charge is 0.410 e. The first kappa shape index (κ1) is 30.6. The third-order valence-electron chi connectivity index (χ3n) is 6.23. The van der Waals surface area contributed by atoms with E-state index >= 15 is 0 Å². The van der Waals surface area contributed by atoms with E-state index in [1.165, 1.54) is 16.5 Å². The van der Waals surface area contributed by atoms with Crippen LogP contribution in [-0.4, -0.2) is 54.5 Å². The number of aliphatic carboxylic acids is 1. The Kier molecular flexibility index (Phi) is 12.4. The highest BCUT2D eigenvalue weighted by Crippen LogP contribution is 2.16. The third kappa shape index (κ3) is 10.3. The first-order valence-corrected chi connectivity index (χ1v) is 13.3. The van der Waals surface area contributed by atoms with Crippen LogP contribution in [0.1, 0.15) is 36.5 Å². The minimum Gasteiger partial charge on any atom is -0.492 e. The number of halogens is 2. The normalized spacial score (nSPS) is 11.6. The molecule has 3 aromatic rings. The summed E-state index contributed by atoms with van der Waals surface area (Å²) >= 11 is 0. The van der Waals surface area contributed by atoms with Crippen molar-refractivity contribution in [1.82, 2.24) is 4.90 Å². The molecule has 9 heteroatoms. The first-order valence-electron chi connectivity index (χ1n) is 13.3. The molecule has 3 aromatic carbocycles. The summed E-state index contributed by atoms with van der Waals surface area (Å²) in [6.07, 6.45) is 1.18. The van der Waals surface area contributed by atoms with Crippen LogP contribution in [0.3, 0.4) is 0 Å². The van der Waals surface area contributed by atoms with Gasteiger partial charge in [-0.15, -0.1) is 0 Å². The van der Waals surface area contributed by atoms with Crippen molar-refractivity contribution in [2.45, 2.75) is 45.3 Å². The standard InChI is InChI=1S/C31H35F2NO6/c1-2-38-29(30(35)36)20-24-11-15-27(16-12-24)39-19-18-34(17-7-6-10-23-8-4-3-5-9-23)31(37)40-22-25-13-14-26(32)21-28(25)33/h3-5,8-9,11-16,21,29H,2,6-7,10,17-20,22H2,1H3,(H,35,36). The summed E-state index contributed by atoms with van der Waals surface area (Å²) in [5, 5.41) is 9.27. The molecule has 0 aliphatic rings. The van der Waals surface area contributed by atoms with Gasteiger partial charge in [0.25, 0.3) is 0 Å². The average molecular weight is 556 g/mol. The number of aryl methyl sites for hydroxylation is 1. The van der Waals surface area contributed by atoms with Gasteiger partial charge >= 0.3 is 12.1 Å². The molecule has 0 saturated carbocycles. The lowest BCUT2D eigenvalue weighted by Crippen LogP contribution is -2.36. The predicted molar refractivity (Wildman–Crippen MR) is 146 cm³/mol. The van der Waals surface area contributed by atoms with Gasteiger partial charge in [-0.25, -0.2) is 18.4 Å². The topological polar surface area (TPSA) is 85.3 Å². The number of nitrogens with zero attached hydrogens (tertiary/aromatic N) is 1. The van der Waals surface area contributed by atoms with Crippen molar-refractivity contribution >= 4 is 12.1 Å². The summed E-state index contributed by atoms with van der Waals surface area (Å²) in [6, 6.07) is 20.2. The lowest BCUT2D eigenvalue weighted by molar-refractivity contribution is -0.149. The highest BCUT2D eigenvalue weighted by atomic mass is 19.1. The molecular weight excluding hydrogens is 520 g/mol. The second-order valence-electron chi connectivity index (χ2n) is 9.20. The molecule has 3 rings (SSSR count). The Balaban J connectivity index is 1.53. The van der Waals surface area contributed by atoms with Crippen molar-refractivity contribution in [3.05, 3.63) is 101 Å². The predicted octanol–water partition coefficient (Wildman–Crippen LogP) is 6.04. The summed E-state index contributed by atoms with van der Waals surface area (Å²) in [7, 11) is 0. The molecule has 0 fully saturated rings. The number of carboxylic acid groups (broad SMARTS) is 1. The Labute approximate surface area is 233 Å². The number of unbranched alkanes of at least 4 members (excludes halogenated alkanes) is 1. The first-order chi connectivity index (χ1) is 19.4. The van der Waals surface area contributed by atoms with E-state index in [0.717, 1.165) is 37.0 Å². The number of rotatable bonds is 16. The fourth-order valence-electron chi connectivity index (χ4n) is 4.07. The Morgan fingerprint density at radius 3 is 2.35 bits per heavy atom. The number of carbonyl (C=O) groups is 2. The van der Waals surface area contributed by atoms with Gasteiger partial charge in [0.15, 0.2) is 6.10 Å². The van der Waals surface area contributed by atoms with Crippen molar-refractivity contribution < 1.29 is 37.7 Å². The quantitative estimate of drug-likeness (QED) is 0.217. The molecule has 0 radical (unpaired) electrons. The second-order valence-corrected chi connectivity index (χ2v) is 9.20. The maximum absolute atomic E-state index is 14.0. The van der Waals surface area contributed by atoms with E-state index < -0.39 is 29.8 Å². The number of amides is 1. The fraction of sp³-hybridized carbons (Fsp3) is 0.355. The SMILES string of the molecule is CCOC(Cc1ccc(OCCN(CCCCc2ccccc2)C(=O)OCc2ccc(F)cc2F)cc1)C(=O)O. The summed E-state index contributed by atoms with van der Waals surface area (Å²) in [4.78, 5) is 25.7. The summed E-state index contributed by atoms with van der Waals surface area (Å²) < 4.78 is 43.6. The van der Waals surface area contributed by atoms with Gasteiger partial charge in [0.1, 0.15) is 30.6 Å². The van der Waals surface area contributed by atoms with Crippen LogP contribution < -0.4 is 4.74 Å². The fourth-order valence-corrected chi connectivity index (χ4v) is 4.07. The van der Waals surface area contributed by atoms with E-state index in [2.05, 4.69) is 12.1 Å². The monoisotopic (exact) mass is 555 g/mol. The highest BCUT2D eigenvalue weighted by molar-refractivity contribution is 5.72.